The summed E-state index contributed by atoms with van der Waals surface area (Å²) < 4.78 is 11.3. The van der Waals surface area contributed by atoms with Crippen molar-refractivity contribution in [3.8, 4) is 11.5 Å². The molecule has 0 aliphatic carbocycles. The number of halogens is 1. The Morgan fingerprint density at radius 3 is 2.48 bits per heavy atom. The zero-order valence-electron chi connectivity index (χ0n) is 18.0. The highest BCUT2D eigenvalue weighted by Crippen LogP contribution is 2.41. The van der Waals surface area contributed by atoms with Crippen molar-refractivity contribution in [3.05, 3.63) is 93.7 Å². The molecule has 1 aliphatic heterocycles. The van der Waals surface area contributed by atoms with Gasteiger partial charge in [0.15, 0.2) is 0 Å². The predicted molar refractivity (Wildman–Crippen MR) is 126 cm³/mol. The van der Waals surface area contributed by atoms with E-state index in [1.54, 1.807) is 55.9 Å². The van der Waals surface area contributed by atoms with Crippen LogP contribution in [0.2, 0.25) is 0 Å². The van der Waals surface area contributed by atoms with Gasteiger partial charge in [0.1, 0.15) is 17.3 Å². The second-order valence-electron chi connectivity index (χ2n) is 7.37. The molecular weight excluding hydrogens is 488 g/mol. The van der Waals surface area contributed by atoms with Crippen molar-refractivity contribution in [1.82, 2.24) is 9.88 Å². The minimum atomic E-state index is -0.815. The van der Waals surface area contributed by atoms with Gasteiger partial charge in [0, 0.05) is 23.5 Å². The zero-order chi connectivity index (χ0) is 23.5. The van der Waals surface area contributed by atoms with Crippen LogP contribution in [0.1, 0.15) is 22.7 Å². The summed E-state index contributed by atoms with van der Waals surface area (Å²) in [6.45, 7) is 0.122. The second kappa shape index (κ2) is 9.46. The van der Waals surface area contributed by atoms with Crippen molar-refractivity contribution in [2.24, 2.45) is 0 Å². The van der Waals surface area contributed by atoms with Gasteiger partial charge in [0.05, 0.1) is 36.9 Å². The number of pyridine rings is 1. The van der Waals surface area contributed by atoms with Gasteiger partial charge >= 0.3 is 0 Å². The summed E-state index contributed by atoms with van der Waals surface area (Å²) >= 11 is 3.40. The van der Waals surface area contributed by atoms with Crippen molar-refractivity contribution < 1.29 is 24.2 Å². The molecule has 1 atom stereocenters. The second-order valence-corrected chi connectivity index (χ2v) is 8.23. The molecule has 0 saturated carbocycles. The summed E-state index contributed by atoms with van der Waals surface area (Å²) in [5, 5.41) is 11.2. The third-order valence-electron chi connectivity index (χ3n) is 5.50. The van der Waals surface area contributed by atoms with E-state index in [0.29, 0.717) is 27.1 Å². The van der Waals surface area contributed by atoms with Gasteiger partial charge in [0.25, 0.3) is 11.7 Å². The van der Waals surface area contributed by atoms with Crippen molar-refractivity contribution in [2.75, 3.05) is 14.2 Å². The standard InChI is InChI=1S/C25H21BrN2O5/c1-32-19-8-4-3-6-17(19)14-28-22(16-7-5-11-27-13-16)21(24(30)25(28)31)23(29)15-9-10-20(33-2)18(26)12-15/h3-13,22,29H,14H2,1-2H3/b23-21-. The number of para-hydroxylation sites is 1. The van der Waals surface area contributed by atoms with E-state index >= 15 is 0 Å². The van der Waals surface area contributed by atoms with Crippen LogP contribution >= 0.6 is 15.9 Å². The minimum Gasteiger partial charge on any atom is -0.507 e. The van der Waals surface area contributed by atoms with E-state index in [2.05, 4.69) is 20.9 Å². The number of nitrogens with zero attached hydrogens (tertiary/aromatic N) is 2. The largest absolute Gasteiger partial charge is 0.507 e. The van der Waals surface area contributed by atoms with Crippen LogP contribution in [0.15, 0.2) is 77.0 Å². The summed E-state index contributed by atoms with van der Waals surface area (Å²) in [5.41, 5.74) is 1.73. The van der Waals surface area contributed by atoms with Crippen molar-refractivity contribution in [2.45, 2.75) is 12.6 Å². The number of amides is 1. The topological polar surface area (TPSA) is 89.0 Å². The third-order valence-corrected chi connectivity index (χ3v) is 6.12. The lowest BCUT2D eigenvalue weighted by atomic mass is 9.96. The Morgan fingerprint density at radius 1 is 1.06 bits per heavy atom. The summed E-state index contributed by atoms with van der Waals surface area (Å²) in [6, 6.07) is 14.9. The van der Waals surface area contributed by atoms with Gasteiger partial charge in [0.2, 0.25) is 0 Å². The van der Waals surface area contributed by atoms with Crippen LogP contribution in [0, 0.1) is 0 Å². The van der Waals surface area contributed by atoms with E-state index in [4.69, 9.17) is 9.47 Å². The van der Waals surface area contributed by atoms with E-state index in [9.17, 15) is 14.7 Å². The molecule has 1 aromatic heterocycles. The summed E-state index contributed by atoms with van der Waals surface area (Å²) in [7, 11) is 3.08. The maximum Gasteiger partial charge on any atom is 0.295 e. The predicted octanol–water partition coefficient (Wildman–Crippen LogP) is 4.48. The molecular formula is C25H21BrN2O5. The zero-order valence-corrected chi connectivity index (χ0v) is 19.6. The first kappa shape index (κ1) is 22.5. The number of aliphatic hydroxyl groups is 1. The van der Waals surface area contributed by atoms with Crippen LogP contribution in [0.25, 0.3) is 5.76 Å². The summed E-state index contributed by atoms with van der Waals surface area (Å²) in [5.74, 6) is -0.560. The molecule has 1 amide bonds. The van der Waals surface area contributed by atoms with Crippen LogP contribution in [0.5, 0.6) is 11.5 Å². The number of benzene rings is 2. The smallest absolute Gasteiger partial charge is 0.295 e. The minimum absolute atomic E-state index is 0.0000326. The number of rotatable bonds is 6. The maximum atomic E-state index is 13.2. The summed E-state index contributed by atoms with van der Waals surface area (Å²) in [4.78, 5) is 31.9. The van der Waals surface area contributed by atoms with E-state index < -0.39 is 17.7 Å². The fraction of sp³-hybridized carbons (Fsp3) is 0.160. The van der Waals surface area contributed by atoms with E-state index in [0.717, 1.165) is 5.56 Å². The molecule has 8 heteroatoms. The van der Waals surface area contributed by atoms with Gasteiger partial charge in [-0.15, -0.1) is 0 Å². The molecule has 4 rings (SSSR count). The van der Waals surface area contributed by atoms with Crippen LogP contribution in [-0.2, 0) is 16.1 Å². The number of aliphatic hydroxyl groups excluding tert-OH is 1. The number of ether oxygens (including phenoxy) is 2. The van der Waals surface area contributed by atoms with E-state index in [-0.39, 0.29) is 17.9 Å². The number of hydrogen-bond donors (Lipinski definition) is 1. The van der Waals surface area contributed by atoms with E-state index in [1.165, 1.54) is 12.0 Å². The van der Waals surface area contributed by atoms with Gasteiger partial charge in [-0.2, -0.15) is 0 Å². The number of hydrogen-bond acceptors (Lipinski definition) is 6. The molecule has 2 heterocycles. The van der Waals surface area contributed by atoms with Crippen LogP contribution in [0.4, 0.5) is 0 Å². The molecule has 1 N–H and O–H groups in total. The van der Waals surface area contributed by atoms with Crippen LogP contribution in [-0.4, -0.2) is 40.9 Å². The lowest BCUT2D eigenvalue weighted by Crippen LogP contribution is -2.29. The lowest BCUT2D eigenvalue weighted by molar-refractivity contribution is -0.140. The fourth-order valence-corrected chi connectivity index (χ4v) is 4.45. The third kappa shape index (κ3) is 4.21. The van der Waals surface area contributed by atoms with E-state index in [1.807, 2.05) is 18.2 Å². The molecule has 1 saturated heterocycles. The molecule has 168 valence electrons. The number of Topliss-reactive ketones (excluding diaryl/α,β-unsaturated/α-hetero) is 1. The molecule has 0 radical (unpaired) electrons. The van der Waals surface area contributed by atoms with Crippen molar-refractivity contribution in [3.63, 3.8) is 0 Å². The Balaban J connectivity index is 1.86. The average molecular weight is 509 g/mol. The van der Waals surface area contributed by atoms with Crippen LogP contribution < -0.4 is 9.47 Å². The van der Waals surface area contributed by atoms with Gasteiger partial charge in [-0.05, 0) is 51.8 Å². The molecule has 0 bridgehead atoms. The Kier molecular flexibility index (Phi) is 6.46. The highest BCUT2D eigenvalue weighted by Gasteiger charge is 2.46. The Hall–Kier alpha value is -3.65. The monoisotopic (exact) mass is 508 g/mol. The Morgan fingerprint density at radius 2 is 1.82 bits per heavy atom. The van der Waals surface area contributed by atoms with Gasteiger partial charge in [-0.25, -0.2) is 0 Å². The van der Waals surface area contributed by atoms with Gasteiger partial charge in [-0.3, -0.25) is 14.6 Å². The first-order valence-corrected chi connectivity index (χ1v) is 10.9. The number of aromatic nitrogens is 1. The molecule has 1 fully saturated rings. The molecule has 33 heavy (non-hydrogen) atoms. The first-order chi connectivity index (χ1) is 16.0. The molecule has 1 aliphatic rings. The average Bonchev–Trinajstić information content (AvgIpc) is 3.09. The highest BCUT2D eigenvalue weighted by atomic mass is 79.9. The number of methoxy groups -OCH3 is 2. The Bertz CT molecular complexity index is 1240. The van der Waals surface area contributed by atoms with Gasteiger partial charge < -0.3 is 19.5 Å². The van der Waals surface area contributed by atoms with Crippen molar-refractivity contribution in [1.29, 1.82) is 0 Å². The molecule has 1 unspecified atom stereocenters. The quantitative estimate of drug-likeness (QED) is 0.300. The number of carbonyl (C=O) groups is 2. The number of ketones is 1. The molecule has 3 aromatic rings. The SMILES string of the molecule is COc1ccc(/C(O)=C2/C(=O)C(=O)N(Cc3ccccc3OC)C2c2cccnc2)cc1Br. The Labute approximate surface area is 199 Å². The molecule has 0 spiro atoms. The summed E-state index contributed by atoms with van der Waals surface area (Å²) in [6.07, 6.45) is 3.19. The van der Waals surface area contributed by atoms with Gasteiger partial charge in [-0.1, -0.05) is 24.3 Å². The molecule has 7 nitrogen and oxygen atoms in total. The number of carbonyl (C=O) groups excluding carboxylic acids is 2. The normalized spacial score (nSPS) is 17.3. The fourth-order valence-electron chi connectivity index (χ4n) is 3.91. The molecule has 2 aromatic carbocycles. The maximum absolute atomic E-state index is 13.2. The van der Waals surface area contributed by atoms with Crippen LogP contribution in [0.3, 0.4) is 0 Å². The first-order valence-electron chi connectivity index (χ1n) is 10.1. The lowest BCUT2D eigenvalue weighted by Gasteiger charge is -2.25. The van der Waals surface area contributed by atoms with Crippen molar-refractivity contribution >= 4 is 33.4 Å². The number of likely N-dealkylation sites (tertiary alicyclic amines) is 1. The highest BCUT2D eigenvalue weighted by molar-refractivity contribution is 9.10.